The number of benzene rings is 2. The van der Waals surface area contributed by atoms with Crippen LogP contribution in [0.15, 0.2) is 48.5 Å². The maximum Gasteiger partial charge on any atom is 0.220 e. The van der Waals surface area contributed by atoms with Crippen LogP contribution in [0.5, 0.6) is 17.2 Å². The minimum absolute atomic E-state index is 0.0101. The summed E-state index contributed by atoms with van der Waals surface area (Å²) in [4.78, 5) is 12.2. The second-order valence-electron chi connectivity index (χ2n) is 5.93. The lowest BCUT2D eigenvalue weighted by Crippen LogP contribution is -2.28. The van der Waals surface area contributed by atoms with Crippen LogP contribution in [0.2, 0.25) is 0 Å². The van der Waals surface area contributed by atoms with Gasteiger partial charge in [-0.05, 0) is 54.8 Å². The smallest absolute Gasteiger partial charge is 0.220 e. The van der Waals surface area contributed by atoms with Gasteiger partial charge >= 0.3 is 0 Å². The lowest BCUT2D eigenvalue weighted by Gasteiger charge is -2.18. The van der Waals surface area contributed by atoms with Gasteiger partial charge in [-0.25, -0.2) is 0 Å². The first-order valence-corrected chi connectivity index (χ1v) is 8.86. The minimum atomic E-state index is 0.0101. The highest BCUT2D eigenvalue weighted by molar-refractivity contribution is 5.76. The van der Waals surface area contributed by atoms with Crippen LogP contribution in [0.4, 0.5) is 0 Å². The monoisotopic (exact) mass is 357 g/mol. The lowest BCUT2D eigenvalue weighted by molar-refractivity contribution is -0.122. The average Bonchev–Trinajstić information content (AvgIpc) is 2.70. The van der Waals surface area contributed by atoms with Crippen LogP contribution in [0.3, 0.4) is 0 Å². The third kappa shape index (κ3) is 5.99. The molecule has 26 heavy (non-hydrogen) atoms. The van der Waals surface area contributed by atoms with Crippen molar-refractivity contribution in [3.05, 3.63) is 54.1 Å². The first-order valence-electron chi connectivity index (χ1n) is 8.86. The van der Waals surface area contributed by atoms with Crippen LogP contribution >= 0.6 is 0 Å². The Morgan fingerprint density at radius 1 is 0.923 bits per heavy atom. The largest absolute Gasteiger partial charge is 0.497 e. The number of ether oxygens (including phenoxy) is 3. The Hall–Kier alpha value is -2.69. The van der Waals surface area contributed by atoms with Gasteiger partial charge in [0.25, 0.3) is 0 Å². The summed E-state index contributed by atoms with van der Waals surface area (Å²) < 4.78 is 15.9. The molecule has 140 valence electrons. The van der Waals surface area contributed by atoms with Gasteiger partial charge in [-0.1, -0.05) is 19.1 Å². The Balaban J connectivity index is 1.73. The molecule has 0 heterocycles. The van der Waals surface area contributed by atoms with Crippen LogP contribution in [0.1, 0.15) is 37.8 Å². The summed E-state index contributed by atoms with van der Waals surface area (Å²) in [5.41, 5.74) is 1.08. The highest BCUT2D eigenvalue weighted by Gasteiger charge is 2.12. The summed E-state index contributed by atoms with van der Waals surface area (Å²) in [7, 11) is 3.27. The van der Waals surface area contributed by atoms with E-state index < -0.39 is 0 Å². The Morgan fingerprint density at radius 2 is 1.46 bits per heavy atom. The number of rotatable bonds is 10. The predicted octanol–water partition coefficient (Wildman–Crippen LogP) is 4.13. The van der Waals surface area contributed by atoms with Gasteiger partial charge < -0.3 is 19.5 Å². The fourth-order valence-corrected chi connectivity index (χ4v) is 2.62. The minimum Gasteiger partial charge on any atom is -0.497 e. The van der Waals surface area contributed by atoms with Crippen molar-refractivity contribution in [1.29, 1.82) is 0 Å². The first-order chi connectivity index (χ1) is 12.7. The Labute approximate surface area is 155 Å². The van der Waals surface area contributed by atoms with Crippen molar-refractivity contribution in [3.8, 4) is 17.2 Å². The van der Waals surface area contributed by atoms with Gasteiger partial charge in [0, 0.05) is 6.42 Å². The third-order valence-corrected chi connectivity index (χ3v) is 4.14. The fourth-order valence-electron chi connectivity index (χ4n) is 2.62. The average molecular weight is 357 g/mol. The Morgan fingerprint density at radius 3 is 2.00 bits per heavy atom. The van der Waals surface area contributed by atoms with Gasteiger partial charge in [0.1, 0.15) is 17.2 Å². The molecule has 0 radical (unpaired) electrons. The SMILES string of the molecule is CC[C@H](NC(=O)CCCOc1ccc(OC)cc1)c1ccc(OC)cc1. The molecule has 0 aromatic heterocycles. The molecule has 0 aliphatic carbocycles. The van der Waals surface area contributed by atoms with E-state index >= 15 is 0 Å². The van der Waals surface area contributed by atoms with Crippen molar-refractivity contribution in [1.82, 2.24) is 5.32 Å². The molecule has 0 fully saturated rings. The molecule has 2 aromatic rings. The number of amides is 1. The molecule has 2 aromatic carbocycles. The molecule has 0 aliphatic rings. The molecular weight excluding hydrogens is 330 g/mol. The van der Waals surface area contributed by atoms with Gasteiger partial charge in [-0.3, -0.25) is 4.79 Å². The summed E-state index contributed by atoms with van der Waals surface area (Å²) in [5.74, 6) is 2.41. The van der Waals surface area contributed by atoms with E-state index in [0.717, 1.165) is 29.2 Å². The van der Waals surface area contributed by atoms with E-state index in [1.807, 2.05) is 48.5 Å². The maximum atomic E-state index is 12.2. The number of hydrogen-bond acceptors (Lipinski definition) is 4. The van der Waals surface area contributed by atoms with E-state index in [4.69, 9.17) is 14.2 Å². The third-order valence-electron chi connectivity index (χ3n) is 4.14. The van der Waals surface area contributed by atoms with Crippen molar-refractivity contribution in [2.45, 2.75) is 32.2 Å². The zero-order valence-electron chi connectivity index (χ0n) is 15.7. The van der Waals surface area contributed by atoms with Gasteiger partial charge in [-0.15, -0.1) is 0 Å². The van der Waals surface area contributed by atoms with Crippen LogP contribution in [-0.4, -0.2) is 26.7 Å². The van der Waals surface area contributed by atoms with Crippen molar-refractivity contribution >= 4 is 5.91 Å². The summed E-state index contributed by atoms with van der Waals surface area (Å²) >= 11 is 0. The molecule has 5 heteroatoms. The van der Waals surface area contributed by atoms with Crippen LogP contribution in [0, 0.1) is 0 Å². The summed E-state index contributed by atoms with van der Waals surface area (Å²) in [6.07, 6.45) is 1.93. The van der Waals surface area contributed by atoms with Gasteiger partial charge in [0.15, 0.2) is 0 Å². The highest BCUT2D eigenvalue weighted by atomic mass is 16.5. The molecule has 0 saturated carbocycles. The van der Waals surface area contributed by atoms with Crippen molar-refractivity contribution in [2.75, 3.05) is 20.8 Å². The summed E-state index contributed by atoms with van der Waals surface area (Å²) in [5, 5.41) is 3.08. The standard InChI is InChI=1S/C21H27NO4/c1-4-20(16-7-9-17(24-2)10-8-16)22-21(23)6-5-15-26-19-13-11-18(25-3)12-14-19/h7-14,20H,4-6,15H2,1-3H3,(H,22,23)/t20-/m0/s1. The van der Waals surface area contributed by atoms with E-state index in [1.165, 1.54) is 0 Å². The normalized spacial score (nSPS) is 11.5. The molecule has 0 unspecified atom stereocenters. The van der Waals surface area contributed by atoms with Gasteiger partial charge in [-0.2, -0.15) is 0 Å². The van der Waals surface area contributed by atoms with E-state index in [0.29, 0.717) is 19.4 Å². The number of carbonyl (C=O) groups excluding carboxylic acids is 1. The van der Waals surface area contributed by atoms with Crippen molar-refractivity contribution < 1.29 is 19.0 Å². The predicted molar refractivity (Wildman–Crippen MR) is 102 cm³/mol. The topological polar surface area (TPSA) is 56.8 Å². The van der Waals surface area contributed by atoms with Crippen LogP contribution in [-0.2, 0) is 4.79 Å². The summed E-state index contributed by atoms with van der Waals surface area (Å²) in [6, 6.07) is 15.2. The molecule has 0 saturated heterocycles. The van der Waals surface area contributed by atoms with Crippen molar-refractivity contribution in [2.24, 2.45) is 0 Å². The fraction of sp³-hybridized carbons (Fsp3) is 0.381. The molecular formula is C21H27NO4. The molecule has 1 amide bonds. The molecule has 0 bridgehead atoms. The van der Waals surface area contributed by atoms with Crippen LogP contribution in [0.25, 0.3) is 0 Å². The molecule has 0 aliphatic heterocycles. The van der Waals surface area contributed by atoms with E-state index in [2.05, 4.69) is 12.2 Å². The molecule has 1 N–H and O–H groups in total. The Bertz CT molecular complexity index is 667. The second kappa shape index (κ2) is 10.3. The molecule has 0 spiro atoms. The Kier molecular flexibility index (Phi) is 7.80. The van der Waals surface area contributed by atoms with Gasteiger partial charge in [0.2, 0.25) is 5.91 Å². The lowest BCUT2D eigenvalue weighted by atomic mass is 10.0. The molecule has 1 atom stereocenters. The number of nitrogens with one attached hydrogen (secondary N) is 1. The molecule has 2 rings (SSSR count). The number of methoxy groups -OCH3 is 2. The number of carbonyl (C=O) groups is 1. The second-order valence-corrected chi connectivity index (χ2v) is 5.93. The zero-order valence-corrected chi connectivity index (χ0v) is 15.7. The number of hydrogen-bond donors (Lipinski definition) is 1. The maximum absolute atomic E-state index is 12.2. The van der Waals surface area contributed by atoms with E-state index in [9.17, 15) is 4.79 Å². The van der Waals surface area contributed by atoms with Gasteiger partial charge in [0.05, 0.1) is 26.9 Å². The van der Waals surface area contributed by atoms with E-state index in [1.54, 1.807) is 14.2 Å². The van der Waals surface area contributed by atoms with Crippen molar-refractivity contribution in [3.63, 3.8) is 0 Å². The zero-order chi connectivity index (χ0) is 18.8. The van der Waals surface area contributed by atoms with E-state index in [-0.39, 0.29) is 11.9 Å². The quantitative estimate of drug-likeness (QED) is 0.650. The van der Waals surface area contributed by atoms with Crippen LogP contribution < -0.4 is 19.5 Å². The molecule has 5 nitrogen and oxygen atoms in total. The summed E-state index contributed by atoms with van der Waals surface area (Å²) in [6.45, 7) is 2.56. The first kappa shape index (κ1) is 19.6. The highest BCUT2D eigenvalue weighted by Crippen LogP contribution is 2.20.